The van der Waals surface area contributed by atoms with Gasteiger partial charge in [-0.25, -0.2) is 15.8 Å². The predicted molar refractivity (Wildman–Crippen MR) is 110 cm³/mol. The van der Waals surface area contributed by atoms with Crippen molar-refractivity contribution in [1.29, 1.82) is 0 Å². The highest BCUT2D eigenvalue weighted by Crippen LogP contribution is 2.24. The summed E-state index contributed by atoms with van der Waals surface area (Å²) in [6, 6.07) is 6.47. The zero-order valence-electron chi connectivity index (χ0n) is 17.4. The molecule has 1 atom stereocenters. The molecule has 0 amide bonds. The van der Waals surface area contributed by atoms with E-state index in [4.69, 9.17) is 22.0 Å². The van der Waals surface area contributed by atoms with Crippen molar-refractivity contribution in [3.63, 3.8) is 0 Å². The zero-order valence-corrected chi connectivity index (χ0v) is 17.4. The number of nitrogens with zero attached hydrogens (tertiary/aromatic N) is 2. The molecule has 0 spiro atoms. The highest BCUT2D eigenvalue weighted by molar-refractivity contribution is 5.97. The van der Waals surface area contributed by atoms with Crippen LogP contribution in [0.4, 0.5) is 0 Å². The van der Waals surface area contributed by atoms with Gasteiger partial charge in [-0.3, -0.25) is 0 Å². The number of ether oxygens (including phenoxy) is 1. The molecule has 2 rings (SSSR count). The summed E-state index contributed by atoms with van der Waals surface area (Å²) in [7, 11) is 0. The summed E-state index contributed by atoms with van der Waals surface area (Å²) in [6.45, 7) is 12.3. The molecule has 1 aliphatic rings. The lowest BCUT2D eigenvalue weighted by Crippen LogP contribution is -2.31. The molecule has 152 valence electrons. The summed E-state index contributed by atoms with van der Waals surface area (Å²) in [5.74, 6) is 5.65. The topological polar surface area (TPSA) is 120 Å². The van der Waals surface area contributed by atoms with Crippen LogP contribution in [0.2, 0.25) is 0 Å². The Morgan fingerprint density at radius 3 is 2.07 bits per heavy atom. The van der Waals surface area contributed by atoms with Gasteiger partial charge in [0.2, 0.25) is 0 Å². The Morgan fingerprint density at radius 1 is 1.19 bits per heavy atom. The maximum atomic E-state index is 11.8. The van der Waals surface area contributed by atoms with Crippen LogP contribution in [0.25, 0.3) is 0 Å². The number of carbonyl (C=O) groups excluding carboxylic acids is 1. The number of hydrazone groups is 1. The fourth-order valence-corrected chi connectivity index (χ4v) is 1.91. The first-order valence-corrected chi connectivity index (χ1v) is 9.33. The van der Waals surface area contributed by atoms with Gasteiger partial charge in [0.25, 0.3) is 0 Å². The van der Waals surface area contributed by atoms with Crippen molar-refractivity contribution in [2.75, 3.05) is 0 Å². The molecule has 1 aliphatic carbocycles. The van der Waals surface area contributed by atoms with Gasteiger partial charge < -0.3 is 16.2 Å². The summed E-state index contributed by atoms with van der Waals surface area (Å²) in [4.78, 5) is 11.8. The lowest BCUT2D eigenvalue weighted by molar-refractivity contribution is -0.149. The molecule has 0 aromatic heterocycles. The molecule has 0 heterocycles. The number of hydrazine groups is 1. The fraction of sp³-hybridized carbons (Fsp3) is 0.600. The lowest BCUT2D eigenvalue weighted by atomic mass is 10.0. The van der Waals surface area contributed by atoms with Crippen molar-refractivity contribution in [3.05, 3.63) is 35.4 Å². The second-order valence-electron chi connectivity index (χ2n) is 8.68. The number of rotatable bonds is 6. The summed E-state index contributed by atoms with van der Waals surface area (Å²) in [6.07, 6.45) is 1.89. The van der Waals surface area contributed by atoms with E-state index in [1.165, 1.54) is 5.12 Å². The lowest BCUT2D eigenvalue weighted by Gasteiger charge is -2.15. The van der Waals surface area contributed by atoms with Gasteiger partial charge in [-0.1, -0.05) is 52.0 Å². The minimum Gasteiger partial charge on any atom is -0.462 e. The minimum absolute atomic E-state index is 0.196. The Kier molecular flexibility index (Phi) is 8.24. The average molecular weight is 378 g/mol. The van der Waals surface area contributed by atoms with E-state index in [1.54, 1.807) is 38.1 Å². The highest BCUT2D eigenvalue weighted by Gasteiger charge is 2.26. The average Bonchev–Trinajstić information content (AvgIpc) is 3.37. The van der Waals surface area contributed by atoms with E-state index in [2.05, 4.69) is 32.8 Å². The molecule has 1 fully saturated rings. The van der Waals surface area contributed by atoms with E-state index >= 15 is 0 Å². The Hall–Kier alpha value is -2.12. The standard InChI is InChI=1S/C15H23N5O2.C5H12/c1-9(2)22-15(21)13(16)10-3-5-11(6-4-10)14(17)19-20(18)12-7-8-12;1-5(2,3)4/h3-6,9,12-13H,7-8,16,18H2,1-2H3,(H2,17,19);1-4H3. The van der Waals surface area contributed by atoms with Gasteiger partial charge in [-0.15, -0.1) is 5.10 Å². The van der Waals surface area contributed by atoms with Crippen molar-refractivity contribution in [2.24, 2.45) is 27.8 Å². The summed E-state index contributed by atoms with van der Waals surface area (Å²) < 4.78 is 5.09. The van der Waals surface area contributed by atoms with E-state index in [-0.39, 0.29) is 12.1 Å². The van der Waals surface area contributed by atoms with Crippen LogP contribution >= 0.6 is 0 Å². The largest absolute Gasteiger partial charge is 0.462 e. The molecule has 0 bridgehead atoms. The molecule has 1 saturated carbocycles. The molecule has 27 heavy (non-hydrogen) atoms. The van der Waals surface area contributed by atoms with Gasteiger partial charge in [-0.2, -0.15) is 0 Å². The normalized spacial score (nSPS) is 15.7. The van der Waals surface area contributed by atoms with Gasteiger partial charge in [0.1, 0.15) is 6.04 Å². The minimum atomic E-state index is -0.813. The molecule has 1 aromatic carbocycles. The fourth-order valence-electron chi connectivity index (χ4n) is 1.91. The molecule has 6 N–H and O–H groups in total. The molecule has 0 radical (unpaired) electrons. The first kappa shape index (κ1) is 22.9. The maximum absolute atomic E-state index is 11.8. The summed E-state index contributed by atoms with van der Waals surface area (Å²) in [5.41, 5.74) is 13.7. The van der Waals surface area contributed by atoms with Crippen molar-refractivity contribution >= 4 is 11.8 Å². The number of amidine groups is 1. The van der Waals surface area contributed by atoms with Crippen molar-refractivity contribution in [2.45, 2.75) is 72.6 Å². The van der Waals surface area contributed by atoms with E-state index < -0.39 is 12.0 Å². The molecule has 0 saturated heterocycles. The number of carbonyl (C=O) groups is 1. The Bertz CT molecular complexity index is 625. The van der Waals surface area contributed by atoms with Crippen LogP contribution < -0.4 is 17.3 Å². The maximum Gasteiger partial charge on any atom is 0.327 e. The summed E-state index contributed by atoms with van der Waals surface area (Å²) >= 11 is 0. The second-order valence-corrected chi connectivity index (χ2v) is 8.68. The smallest absolute Gasteiger partial charge is 0.327 e. The van der Waals surface area contributed by atoms with Gasteiger partial charge in [0, 0.05) is 5.56 Å². The van der Waals surface area contributed by atoms with Crippen LogP contribution in [-0.4, -0.2) is 29.1 Å². The third-order valence-corrected chi connectivity index (χ3v) is 3.32. The van der Waals surface area contributed by atoms with Gasteiger partial charge in [0.05, 0.1) is 12.1 Å². The number of hydrogen-bond donors (Lipinski definition) is 3. The number of hydrogen-bond acceptors (Lipinski definition) is 6. The third-order valence-electron chi connectivity index (χ3n) is 3.32. The molecule has 7 heteroatoms. The number of benzene rings is 1. The number of esters is 1. The van der Waals surface area contributed by atoms with Crippen molar-refractivity contribution in [3.8, 4) is 0 Å². The molecular weight excluding hydrogens is 342 g/mol. The third kappa shape index (κ3) is 9.40. The first-order chi connectivity index (χ1) is 12.4. The van der Waals surface area contributed by atoms with E-state index in [1.807, 2.05) is 0 Å². The zero-order chi connectivity index (χ0) is 20.8. The van der Waals surface area contributed by atoms with Gasteiger partial charge in [0.15, 0.2) is 5.84 Å². The SMILES string of the molecule is CC(C)(C)C.CC(C)OC(=O)C(N)c1ccc(/C(N)=N/N(N)C2CC2)cc1. The van der Waals surface area contributed by atoms with Crippen LogP contribution in [-0.2, 0) is 9.53 Å². The predicted octanol–water partition coefficient (Wildman–Crippen LogP) is 2.65. The Balaban J connectivity index is 0.000000646. The van der Waals surface area contributed by atoms with Gasteiger partial charge in [-0.05, 0) is 37.7 Å². The molecule has 1 unspecified atom stereocenters. The Labute approximate surface area is 162 Å². The van der Waals surface area contributed by atoms with Crippen molar-refractivity contribution in [1.82, 2.24) is 5.12 Å². The van der Waals surface area contributed by atoms with Crippen LogP contribution in [0.3, 0.4) is 0 Å². The van der Waals surface area contributed by atoms with Crippen molar-refractivity contribution < 1.29 is 9.53 Å². The van der Waals surface area contributed by atoms with E-state index in [0.29, 0.717) is 16.8 Å². The van der Waals surface area contributed by atoms with Gasteiger partial charge >= 0.3 is 5.97 Å². The van der Waals surface area contributed by atoms with E-state index in [9.17, 15) is 4.79 Å². The first-order valence-electron chi connectivity index (χ1n) is 9.33. The van der Waals surface area contributed by atoms with Crippen LogP contribution in [0, 0.1) is 5.41 Å². The van der Waals surface area contributed by atoms with Crippen LogP contribution in [0.1, 0.15) is 71.6 Å². The van der Waals surface area contributed by atoms with Crippen LogP contribution in [0.15, 0.2) is 29.4 Å². The molecular formula is C20H35N5O2. The monoisotopic (exact) mass is 377 g/mol. The van der Waals surface area contributed by atoms with E-state index in [0.717, 1.165) is 18.4 Å². The molecule has 1 aromatic rings. The summed E-state index contributed by atoms with van der Waals surface area (Å²) in [5, 5.41) is 5.54. The molecule has 7 nitrogen and oxygen atoms in total. The second kappa shape index (κ2) is 9.71. The Morgan fingerprint density at radius 2 is 1.67 bits per heavy atom. The highest BCUT2D eigenvalue weighted by atomic mass is 16.5. The van der Waals surface area contributed by atoms with Crippen LogP contribution in [0.5, 0.6) is 0 Å². The number of nitrogens with two attached hydrogens (primary N) is 3. The molecule has 0 aliphatic heterocycles. The quantitative estimate of drug-likeness (QED) is 0.230.